The molecule has 1 saturated heterocycles. The fourth-order valence-corrected chi connectivity index (χ4v) is 6.98. The molecule has 6 rings (SSSR count). The topological polar surface area (TPSA) is 71.9 Å². The van der Waals surface area contributed by atoms with Crippen LogP contribution in [0.1, 0.15) is 87.2 Å². The minimum Gasteiger partial charge on any atom is -0.485 e. The summed E-state index contributed by atoms with van der Waals surface area (Å²) in [5.74, 6) is 0.885. The smallest absolute Gasteiger partial charge is 0.306 e. The summed E-state index contributed by atoms with van der Waals surface area (Å²) in [5.41, 5.74) is 7.26. The molecule has 216 valence electrons. The highest BCUT2D eigenvalue weighted by molar-refractivity contribution is 5.71. The van der Waals surface area contributed by atoms with Gasteiger partial charge in [0.25, 0.3) is 0 Å². The van der Waals surface area contributed by atoms with Gasteiger partial charge in [0.05, 0.1) is 13.0 Å². The Balaban J connectivity index is 1.31. The molecule has 1 aliphatic carbocycles. The Morgan fingerprint density at radius 3 is 2.68 bits per heavy atom. The van der Waals surface area contributed by atoms with Crippen LogP contribution in [0.15, 0.2) is 54.7 Å². The van der Waals surface area contributed by atoms with Crippen molar-refractivity contribution in [3.05, 3.63) is 77.0 Å². The standard InChI is InChI=1S/C35H42N2O4/c1-22(34(38)39)33(24-7-8-24)27-9-6-23-11-13-30(41-31(23)19-27)26-10-12-29(25-14-16-36-32(20-25)40-4)28(18-26)21-37-17-5-15-35(37,2)3/h6,9-10,12,14,16,18-20,22,24,30,33H,5,7-8,11,13,15,17,21H2,1-4H3,(H,38,39)/t22-,30-,33-/m0/s1. The maximum Gasteiger partial charge on any atom is 0.306 e. The molecule has 6 nitrogen and oxygen atoms in total. The number of carbonyl (C=O) groups is 1. The third-order valence-corrected chi connectivity index (χ3v) is 9.67. The van der Waals surface area contributed by atoms with Crippen LogP contribution >= 0.6 is 0 Å². The summed E-state index contributed by atoms with van der Waals surface area (Å²) in [4.78, 5) is 18.8. The first-order chi connectivity index (χ1) is 19.7. The summed E-state index contributed by atoms with van der Waals surface area (Å²) in [6.45, 7) is 8.51. The molecule has 1 N–H and O–H groups in total. The highest BCUT2D eigenvalue weighted by Crippen LogP contribution is 2.48. The molecule has 0 radical (unpaired) electrons. The van der Waals surface area contributed by atoms with Gasteiger partial charge < -0.3 is 14.6 Å². The quantitative estimate of drug-likeness (QED) is 0.297. The van der Waals surface area contributed by atoms with Gasteiger partial charge in [0.15, 0.2) is 0 Å². The minimum atomic E-state index is -0.723. The number of aromatic nitrogens is 1. The van der Waals surface area contributed by atoms with Crippen molar-refractivity contribution in [3.63, 3.8) is 0 Å². The molecule has 3 atom stereocenters. The van der Waals surface area contributed by atoms with E-state index in [1.165, 1.54) is 35.1 Å². The summed E-state index contributed by atoms with van der Waals surface area (Å²) in [6.07, 6.45) is 8.27. The first-order valence-corrected chi connectivity index (χ1v) is 15.1. The van der Waals surface area contributed by atoms with Crippen LogP contribution in [-0.4, -0.2) is 40.2 Å². The van der Waals surface area contributed by atoms with Gasteiger partial charge in [-0.05, 0) is 116 Å². The van der Waals surface area contributed by atoms with Gasteiger partial charge in [-0.15, -0.1) is 0 Å². The van der Waals surface area contributed by atoms with Crippen LogP contribution in [0, 0.1) is 11.8 Å². The number of pyridine rings is 1. The Morgan fingerprint density at radius 2 is 1.98 bits per heavy atom. The lowest BCUT2D eigenvalue weighted by Crippen LogP contribution is -2.37. The fourth-order valence-electron chi connectivity index (χ4n) is 6.98. The molecule has 0 spiro atoms. The van der Waals surface area contributed by atoms with Crippen molar-refractivity contribution < 1.29 is 19.4 Å². The van der Waals surface area contributed by atoms with Crippen LogP contribution in [0.5, 0.6) is 11.6 Å². The van der Waals surface area contributed by atoms with E-state index in [2.05, 4.69) is 66.2 Å². The van der Waals surface area contributed by atoms with Crippen molar-refractivity contribution in [1.29, 1.82) is 0 Å². The zero-order valence-electron chi connectivity index (χ0n) is 24.7. The average molecular weight is 555 g/mol. The van der Waals surface area contributed by atoms with Crippen molar-refractivity contribution in [2.45, 2.75) is 83.4 Å². The van der Waals surface area contributed by atoms with Gasteiger partial charge in [-0.3, -0.25) is 9.69 Å². The van der Waals surface area contributed by atoms with E-state index >= 15 is 0 Å². The number of fused-ring (bicyclic) bond motifs is 1. The number of nitrogens with zero attached hydrogens (tertiary/aromatic N) is 2. The highest BCUT2D eigenvalue weighted by atomic mass is 16.5. The second-order valence-electron chi connectivity index (χ2n) is 12.8. The maximum atomic E-state index is 11.9. The summed E-state index contributed by atoms with van der Waals surface area (Å²) >= 11 is 0. The van der Waals surface area contributed by atoms with Crippen LogP contribution in [0.3, 0.4) is 0 Å². The molecule has 1 saturated carbocycles. The molecule has 2 fully saturated rings. The molecule has 41 heavy (non-hydrogen) atoms. The normalized spacial score (nSPS) is 21.5. The molecular weight excluding hydrogens is 512 g/mol. The maximum absolute atomic E-state index is 11.9. The number of likely N-dealkylation sites (tertiary alicyclic amines) is 1. The Hall–Kier alpha value is -3.38. The van der Waals surface area contributed by atoms with Gasteiger partial charge in [0, 0.05) is 24.3 Å². The summed E-state index contributed by atoms with van der Waals surface area (Å²) in [5, 5.41) is 9.77. The van der Waals surface area contributed by atoms with E-state index in [9.17, 15) is 9.90 Å². The Morgan fingerprint density at radius 1 is 1.15 bits per heavy atom. The van der Waals surface area contributed by atoms with E-state index < -0.39 is 11.9 Å². The summed E-state index contributed by atoms with van der Waals surface area (Å²) < 4.78 is 12.1. The molecule has 6 heteroatoms. The second kappa shape index (κ2) is 11.1. The van der Waals surface area contributed by atoms with E-state index in [4.69, 9.17) is 9.47 Å². The predicted molar refractivity (Wildman–Crippen MR) is 160 cm³/mol. The summed E-state index contributed by atoms with van der Waals surface area (Å²) in [7, 11) is 1.65. The third kappa shape index (κ3) is 5.72. The van der Waals surface area contributed by atoms with Crippen LogP contribution in [-0.2, 0) is 17.8 Å². The molecule has 2 aliphatic heterocycles. The number of aliphatic carboxylic acids is 1. The van der Waals surface area contributed by atoms with Gasteiger partial charge in [-0.25, -0.2) is 4.98 Å². The van der Waals surface area contributed by atoms with Gasteiger partial charge in [0.2, 0.25) is 5.88 Å². The number of carboxylic acid groups (broad SMARTS) is 1. The number of hydrogen-bond donors (Lipinski definition) is 1. The predicted octanol–water partition coefficient (Wildman–Crippen LogP) is 7.41. The molecule has 2 aromatic carbocycles. The number of hydrogen-bond acceptors (Lipinski definition) is 5. The van der Waals surface area contributed by atoms with Crippen LogP contribution in [0.25, 0.3) is 11.1 Å². The van der Waals surface area contributed by atoms with Crippen LogP contribution in [0.4, 0.5) is 0 Å². The fraction of sp³-hybridized carbons (Fsp3) is 0.486. The summed E-state index contributed by atoms with van der Waals surface area (Å²) in [6, 6.07) is 17.3. The molecule has 0 unspecified atom stereocenters. The zero-order chi connectivity index (χ0) is 28.7. The van der Waals surface area contributed by atoms with E-state index in [-0.39, 0.29) is 17.6 Å². The molecule has 0 bridgehead atoms. The minimum absolute atomic E-state index is 0.0360. The van der Waals surface area contributed by atoms with Gasteiger partial charge in [-0.2, -0.15) is 0 Å². The van der Waals surface area contributed by atoms with Crippen molar-refractivity contribution in [2.75, 3.05) is 13.7 Å². The van der Waals surface area contributed by atoms with Crippen molar-refractivity contribution in [1.82, 2.24) is 9.88 Å². The zero-order valence-corrected chi connectivity index (χ0v) is 24.7. The lowest BCUT2D eigenvalue weighted by molar-refractivity contribution is -0.142. The van der Waals surface area contributed by atoms with E-state index in [0.29, 0.717) is 11.8 Å². The van der Waals surface area contributed by atoms with Crippen LogP contribution in [0.2, 0.25) is 0 Å². The first kappa shape index (κ1) is 27.8. The number of ether oxygens (including phenoxy) is 2. The van der Waals surface area contributed by atoms with Gasteiger partial charge >= 0.3 is 5.97 Å². The van der Waals surface area contributed by atoms with E-state index in [0.717, 1.165) is 55.6 Å². The van der Waals surface area contributed by atoms with Crippen molar-refractivity contribution in [2.24, 2.45) is 11.8 Å². The largest absolute Gasteiger partial charge is 0.485 e. The third-order valence-electron chi connectivity index (χ3n) is 9.67. The molecule has 3 aromatic rings. The highest BCUT2D eigenvalue weighted by Gasteiger charge is 2.39. The van der Waals surface area contributed by atoms with Crippen molar-refractivity contribution in [3.8, 4) is 22.8 Å². The molecule has 1 aromatic heterocycles. The van der Waals surface area contributed by atoms with Gasteiger partial charge in [0.1, 0.15) is 11.9 Å². The lowest BCUT2D eigenvalue weighted by atomic mass is 9.82. The number of aryl methyl sites for hydroxylation is 1. The molecule has 3 heterocycles. The number of rotatable bonds is 9. The Bertz CT molecular complexity index is 1430. The average Bonchev–Trinajstić information content (AvgIpc) is 3.75. The number of carboxylic acids is 1. The number of methoxy groups -OCH3 is 1. The van der Waals surface area contributed by atoms with Crippen molar-refractivity contribution >= 4 is 5.97 Å². The number of benzene rings is 2. The Kier molecular flexibility index (Phi) is 7.54. The van der Waals surface area contributed by atoms with E-state index in [1.54, 1.807) is 7.11 Å². The second-order valence-corrected chi connectivity index (χ2v) is 12.8. The molecular formula is C35H42N2O4. The first-order valence-electron chi connectivity index (χ1n) is 15.1. The monoisotopic (exact) mass is 554 g/mol. The lowest BCUT2D eigenvalue weighted by Gasteiger charge is -2.33. The Labute approximate surface area is 243 Å². The van der Waals surface area contributed by atoms with E-state index in [1.807, 2.05) is 19.2 Å². The SMILES string of the molecule is COc1cc(-c2ccc([C@@H]3CCc4ccc([C@H](C5CC5)[C@H](C)C(=O)O)cc4O3)cc2CN2CCCC2(C)C)ccn1. The van der Waals surface area contributed by atoms with Crippen LogP contribution < -0.4 is 9.47 Å². The van der Waals surface area contributed by atoms with Gasteiger partial charge in [-0.1, -0.05) is 37.3 Å². The molecule has 0 amide bonds. The molecule has 3 aliphatic rings.